The summed E-state index contributed by atoms with van der Waals surface area (Å²) in [5, 5.41) is 16.9. The van der Waals surface area contributed by atoms with Crippen molar-refractivity contribution in [1.82, 2.24) is 10.2 Å². The number of aryl methyl sites for hydroxylation is 1. The molecule has 0 bridgehead atoms. The minimum atomic E-state index is -1.19. The number of aromatic amines is 1. The highest BCUT2D eigenvalue weighted by atomic mass is 19.2. The van der Waals surface area contributed by atoms with Gasteiger partial charge in [0.25, 0.3) is 0 Å². The van der Waals surface area contributed by atoms with Gasteiger partial charge in [0.05, 0.1) is 0 Å². The fourth-order valence-corrected chi connectivity index (χ4v) is 1.65. The first-order valence-corrected chi connectivity index (χ1v) is 5.98. The van der Waals surface area contributed by atoms with Gasteiger partial charge in [-0.15, -0.1) is 0 Å². The Hall–Kier alpha value is -2.77. The molecule has 0 saturated heterocycles. The smallest absolute Gasteiger partial charge is 0.353 e. The zero-order valence-corrected chi connectivity index (χ0v) is 10.7. The third-order valence-electron chi connectivity index (χ3n) is 2.70. The Labute approximate surface area is 117 Å². The number of carbonyl (C=O) groups is 2. The highest BCUT2D eigenvalue weighted by Gasteiger charge is 2.10. The average molecular weight is 295 g/mol. The molecule has 1 aromatic carbocycles. The van der Waals surface area contributed by atoms with Gasteiger partial charge in [-0.05, 0) is 24.1 Å². The molecular weight excluding hydrogens is 284 g/mol. The van der Waals surface area contributed by atoms with Crippen molar-refractivity contribution in [3.05, 3.63) is 47.2 Å². The first-order valence-electron chi connectivity index (χ1n) is 5.98. The summed E-state index contributed by atoms with van der Waals surface area (Å²) in [5.41, 5.74) is 0.336. The number of hydrogen-bond acceptors (Lipinski definition) is 3. The molecule has 3 N–H and O–H groups in total. The summed E-state index contributed by atoms with van der Waals surface area (Å²) < 4.78 is 25.7. The molecule has 0 fully saturated rings. The van der Waals surface area contributed by atoms with Crippen LogP contribution in [-0.4, -0.2) is 27.2 Å². The maximum atomic E-state index is 13.0. The lowest BCUT2D eigenvalue weighted by atomic mass is 10.1. The number of carbonyl (C=O) groups excluding carboxylic acids is 1. The van der Waals surface area contributed by atoms with Crippen molar-refractivity contribution < 1.29 is 23.5 Å². The molecule has 0 atom stereocenters. The molecule has 1 heterocycles. The number of carboxylic acid groups (broad SMARTS) is 1. The summed E-state index contributed by atoms with van der Waals surface area (Å²) in [4.78, 5) is 22.3. The molecule has 0 aliphatic heterocycles. The van der Waals surface area contributed by atoms with Crippen molar-refractivity contribution >= 4 is 17.7 Å². The van der Waals surface area contributed by atoms with Crippen molar-refractivity contribution in [2.75, 3.05) is 5.32 Å². The van der Waals surface area contributed by atoms with Crippen molar-refractivity contribution in [3.8, 4) is 0 Å². The van der Waals surface area contributed by atoms with E-state index in [0.717, 1.165) is 12.1 Å². The molecule has 0 unspecified atom stereocenters. The van der Waals surface area contributed by atoms with Crippen LogP contribution in [0, 0.1) is 11.6 Å². The van der Waals surface area contributed by atoms with Gasteiger partial charge in [0.1, 0.15) is 5.69 Å². The van der Waals surface area contributed by atoms with Crippen LogP contribution in [0.1, 0.15) is 22.5 Å². The van der Waals surface area contributed by atoms with Gasteiger partial charge in [-0.3, -0.25) is 9.89 Å². The Balaban J connectivity index is 1.89. The molecule has 0 spiro atoms. The van der Waals surface area contributed by atoms with Gasteiger partial charge in [0.15, 0.2) is 17.5 Å². The minimum absolute atomic E-state index is 0.0281. The molecule has 2 rings (SSSR count). The van der Waals surface area contributed by atoms with E-state index >= 15 is 0 Å². The van der Waals surface area contributed by atoms with Gasteiger partial charge in [-0.2, -0.15) is 5.10 Å². The number of nitrogens with zero attached hydrogens (tertiary/aromatic N) is 1. The zero-order chi connectivity index (χ0) is 15.4. The van der Waals surface area contributed by atoms with E-state index < -0.39 is 23.5 Å². The van der Waals surface area contributed by atoms with Crippen LogP contribution in [0.2, 0.25) is 0 Å². The van der Waals surface area contributed by atoms with Gasteiger partial charge in [-0.25, -0.2) is 13.6 Å². The number of carboxylic acids is 1. The summed E-state index contributed by atoms with van der Waals surface area (Å²) in [6.45, 7) is 0. The Morgan fingerprint density at radius 2 is 2.00 bits per heavy atom. The van der Waals surface area contributed by atoms with E-state index in [-0.39, 0.29) is 24.4 Å². The third kappa shape index (κ3) is 3.85. The molecule has 0 radical (unpaired) electrons. The van der Waals surface area contributed by atoms with E-state index in [1.54, 1.807) is 0 Å². The molecule has 8 heteroatoms. The second-order valence-electron chi connectivity index (χ2n) is 4.27. The van der Waals surface area contributed by atoms with Crippen molar-refractivity contribution in [2.24, 2.45) is 0 Å². The number of benzene rings is 1. The number of nitrogens with one attached hydrogen (secondary N) is 2. The highest BCUT2D eigenvalue weighted by Crippen LogP contribution is 2.11. The number of aromatic carboxylic acids is 1. The van der Waals surface area contributed by atoms with Crippen LogP contribution in [0.15, 0.2) is 24.3 Å². The monoisotopic (exact) mass is 295 g/mol. The number of hydrogen-bond donors (Lipinski definition) is 3. The number of H-pyrrole nitrogens is 1. The molecule has 21 heavy (non-hydrogen) atoms. The standard InChI is InChI=1S/C13H11F2N3O3/c14-8-3-1-7(5-9(8)15)2-4-12(19)16-11-6-10(13(20)21)17-18-11/h1,3,5-6H,2,4H2,(H,20,21)(H2,16,17,18,19). The Bertz CT molecular complexity index is 685. The summed E-state index contributed by atoms with van der Waals surface area (Å²) in [6, 6.07) is 4.59. The van der Waals surface area contributed by atoms with Crippen LogP contribution in [-0.2, 0) is 11.2 Å². The van der Waals surface area contributed by atoms with Crippen LogP contribution < -0.4 is 5.32 Å². The van der Waals surface area contributed by atoms with Crippen LogP contribution in [0.4, 0.5) is 14.6 Å². The van der Waals surface area contributed by atoms with E-state index in [9.17, 15) is 18.4 Å². The van der Waals surface area contributed by atoms with Crippen molar-refractivity contribution in [2.45, 2.75) is 12.8 Å². The predicted octanol–water partition coefficient (Wildman–Crippen LogP) is 1.96. The summed E-state index contributed by atoms with van der Waals surface area (Å²) in [5.74, 6) is -3.43. The largest absolute Gasteiger partial charge is 0.477 e. The molecule has 0 saturated carbocycles. The normalized spacial score (nSPS) is 10.4. The quantitative estimate of drug-likeness (QED) is 0.785. The maximum Gasteiger partial charge on any atom is 0.353 e. The number of amides is 1. The van der Waals surface area contributed by atoms with E-state index in [1.165, 1.54) is 12.1 Å². The van der Waals surface area contributed by atoms with Gasteiger partial charge in [-0.1, -0.05) is 6.07 Å². The second kappa shape index (κ2) is 6.12. The van der Waals surface area contributed by atoms with Crippen LogP contribution in [0.3, 0.4) is 0 Å². The molecule has 1 amide bonds. The molecule has 0 aliphatic carbocycles. The van der Waals surface area contributed by atoms with Crippen LogP contribution in [0.5, 0.6) is 0 Å². The van der Waals surface area contributed by atoms with Gasteiger partial charge >= 0.3 is 5.97 Å². The number of anilines is 1. The zero-order valence-electron chi connectivity index (χ0n) is 10.7. The molecular formula is C13H11F2N3O3. The minimum Gasteiger partial charge on any atom is -0.477 e. The van der Waals surface area contributed by atoms with E-state index in [4.69, 9.17) is 5.11 Å². The first-order chi connectivity index (χ1) is 9.95. The SMILES string of the molecule is O=C(CCc1ccc(F)c(F)c1)Nc1cc(C(=O)O)[nH]n1. The number of rotatable bonds is 5. The van der Waals surface area contributed by atoms with Gasteiger partial charge in [0, 0.05) is 12.5 Å². The summed E-state index contributed by atoms with van der Waals surface area (Å²) >= 11 is 0. The molecule has 110 valence electrons. The number of aromatic nitrogens is 2. The summed E-state index contributed by atoms with van der Waals surface area (Å²) in [6.07, 6.45) is 0.250. The topological polar surface area (TPSA) is 95.1 Å². The van der Waals surface area contributed by atoms with Crippen molar-refractivity contribution in [3.63, 3.8) is 0 Å². The summed E-state index contributed by atoms with van der Waals surface area (Å²) in [7, 11) is 0. The highest BCUT2D eigenvalue weighted by molar-refractivity contribution is 5.92. The number of halogens is 2. The first kappa shape index (κ1) is 14.6. The Morgan fingerprint density at radius 3 is 2.62 bits per heavy atom. The lowest BCUT2D eigenvalue weighted by molar-refractivity contribution is -0.116. The lowest BCUT2D eigenvalue weighted by Crippen LogP contribution is -2.12. The third-order valence-corrected chi connectivity index (χ3v) is 2.70. The van der Waals surface area contributed by atoms with Crippen LogP contribution in [0.25, 0.3) is 0 Å². The Kier molecular flexibility index (Phi) is 4.27. The van der Waals surface area contributed by atoms with E-state index in [2.05, 4.69) is 15.5 Å². The van der Waals surface area contributed by atoms with Gasteiger partial charge in [0.2, 0.25) is 5.91 Å². The molecule has 1 aromatic heterocycles. The fourth-order valence-electron chi connectivity index (χ4n) is 1.65. The lowest BCUT2D eigenvalue weighted by Gasteiger charge is -2.03. The molecule has 2 aromatic rings. The molecule has 6 nitrogen and oxygen atoms in total. The van der Waals surface area contributed by atoms with Gasteiger partial charge < -0.3 is 10.4 Å². The average Bonchev–Trinajstić information content (AvgIpc) is 2.89. The Morgan fingerprint density at radius 1 is 1.24 bits per heavy atom. The predicted molar refractivity (Wildman–Crippen MR) is 68.9 cm³/mol. The molecule has 0 aliphatic rings. The second-order valence-corrected chi connectivity index (χ2v) is 4.27. The fraction of sp³-hybridized carbons (Fsp3) is 0.154. The maximum absolute atomic E-state index is 13.0. The van der Waals surface area contributed by atoms with Crippen LogP contribution >= 0.6 is 0 Å². The van der Waals surface area contributed by atoms with Crippen molar-refractivity contribution in [1.29, 1.82) is 0 Å². The van der Waals surface area contributed by atoms with E-state index in [1.807, 2.05) is 0 Å². The van der Waals surface area contributed by atoms with E-state index in [0.29, 0.717) is 5.56 Å².